The highest BCUT2D eigenvalue weighted by molar-refractivity contribution is 6.31. The van der Waals surface area contributed by atoms with Crippen molar-refractivity contribution in [2.75, 3.05) is 26.9 Å². The van der Waals surface area contributed by atoms with Crippen molar-refractivity contribution in [3.63, 3.8) is 0 Å². The highest BCUT2D eigenvalue weighted by atomic mass is 35.5. The largest absolute Gasteiger partial charge is 0.493 e. The maximum absolute atomic E-state index is 6.42. The lowest BCUT2D eigenvalue weighted by molar-refractivity contribution is 0.144. The average molecular weight is 378 g/mol. The van der Waals surface area contributed by atoms with Gasteiger partial charge in [0.05, 0.1) is 7.11 Å². The number of methoxy groups -OCH3 is 1. The van der Waals surface area contributed by atoms with E-state index in [0.717, 1.165) is 37.3 Å². The Bertz CT molecular complexity index is 674. The molecule has 0 aliphatic carbocycles. The molecule has 0 unspecified atom stereocenters. The zero-order valence-corrected chi connectivity index (χ0v) is 16.6. The van der Waals surface area contributed by atoms with E-state index in [0.29, 0.717) is 29.7 Å². The molecule has 0 aliphatic rings. The fraction of sp³-hybridized carbons (Fsp3) is 0.429. The van der Waals surface area contributed by atoms with Crippen molar-refractivity contribution < 1.29 is 14.2 Å². The maximum atomic E-state index is 6.42. The Morgan fingerprint density at radius 1 is 1.08 bits per heavy atom. The van der Waals surface area contributed by atoms with Crippen molar-refractivity contribution in [3.05, 3.63) is 58.1 Å². The van der Waals surface area contributed by atoms with Gasteiger partial charge >= 0.3 is 0 Å². The van der Waals surface area contributed by atoms with E-state index in [1.807, 2.05) is 19.1 Å². The van der Waals surface area contributed by atoms with Crippen LogP contribution in [-0.2, 0) is 17.9 Å². The molecule has 0 aromatic heterocycles. The Labute approximate surface area is 161 Å². The Balaban J connectivity index is 1.93. The molecular weight excluding hydrogens is 350 g/mol. The molecule has 0 saturated heterocycles. The van der Waals surface area contributed by atoms with Gasteiger partial charge in [0.15, 0.2) is 11.5 Å². The van der Waals surface area contributed by atoms with Gasteiger partial charge in [0.25, 0.3) is 0 Å². The summed E-state index contributed by atoms with van der Waals surface area (Å²) in [6.45, 7) is 7.63. The molecule has 2 aromatic carbocycles. The fourth-order valence-corrected chi connectivity index (χ4v) is 2.72. The number of aryl methyl sites for hydroxylation is 1. The SMILES string of the molecule is CCOCCCNCc1cc(OC)c(OCc2ccc(C)cc2)cc1Cl. The molecular formula is C21H28ClNO3. The number of hydrogen-bond acceptors (Lipinski definition) is 4. The molecule has 0 spiro atoms. The first-order valence-electron chi connectivity index (χ1n) is 8.97. The van der Waals surface area contributed by atoms with E-state index in [1.54, 1.807) is 7.11 Å². The van der Waals surface area contributed by atoms with E-state index < -0.39 is 0 Å². The van der Waals surface area contributed by atoms with Gasteiger partial charge < -0.3 is 19.5 Å². The minimum atomic E-state index is 0.474. The summed E-state index contributed by atoms with van der Waals surface area (Å²) in [7, 11) is 1.64. The summed E-state index contributed by atoms with van der Waals surface area (Å²) in [6, 6.07) is 12.0. The van der Waals surface area contributed by atoms with Crippen LogP contribution in [-0.4, -0.2) is 26.9 Å². The Hall–Kier alpha value is -1.75. The summed E-state index contributed by atoms with van der Waals surface area (Å²) in [6.07, 6.45) is 0.973. The van der Waals surface area contributed by atoms with Crippen LogP contribution in [0.2, 0.25) is 5.02 Å². The predicted octanol–water partition coefficient (Wildman–Crippen LogP) is 4.75. The second-order valence-electron chi connectivity index (χ2n) is 6.10. The second kappa shape index (κ2) is 11.1. The van der Waals surface area contributed by atoms with Crippen LogP contribution in [0.15, 0.2) is 36.4 Å². The van der Waals surface area contributed by atoms with Crippen molar-refractivity contribution in [1.29, 1.82) is 0 Å². The number of rotatable bonds is 11. The molecule has 0 aliphatic heterocycles. The lowest BCUT2D eigenvalue weighted by Crippen LogP contribution is -2.16. The van der Waals surface area contributed by atoms with Gasteiger partial charge in [0.1, 0.15) is 6.61 Å². The molecule has 0 heterocycles. The fourth-order valence-electron chi connectivity index (χ4n) is 2.50. The van der Waals surface area contributed by atoms with E-state index in [9.17, 15) is 0 Å². The first kappa shape index (κ1) is 20.6. The van der Waals surface area contributed by atoms with E-state index >= 15 is 0 Å². The van der Waals surface area contributed by atoms with E-state index in [-0.39, 0.29) is 0 Å². The molecule has 0 bridgehead atoms. The zero-order chi connectivity index (χ0) is 18.8. The zero-order valence-electron chi connectivity index (χ0n) is 15.8. The van der Waals surface area contributed by atoms with Crippen LogP contribution < -0.4 is 14.8 Å². The van der Waals surface area contributed by atoms with Gasteiger partial charge in [-0.05, 0) is 44.0 Å². The number of hydrogen-bond donors (Lipinski definition) is 1. The smallest absolute Gasteiger partial charge is 0.163 e. The van der Waals surface area contributed by atoms with Gasteiger partial charge in [-0.15, -0.1) is 0 Å². The van der Waals surface area contributed by atoms with Crippen molar-refractivity contribution in [2.45, 2.75) is 33.4 Å². The maximum Gasteiger partial charge on any atom is 0.163 e. The van der Waals surface area contributed by atoms with Crippen LogP contribution in [0.4, 0.5) is 0 Å². The third-order valence-electron chi connectivity index (χ3n) is 4.01. The summed E-state index contributed by atoms with van der Waals surface area (Å²) in [5.41, 5.74) is 3.32. The Morgan fingerprint density at radius 3 is 2.54 bits per heavy atom. The first-order valence-corrected chi connectivity index (χ1v) is 9.35. The van der Waals surface area contributed by atoms with Gasteiger partial charge in [-0.1, -0.05) is 41.4 Å². The Morgan fingerprint density at radius 2 is 1.85 bits per heavy atom. The molecule has 0 radical (unpaired) electrons. The second-order valence-corrected chi connectivity index (χ2v) is 6.50. The molecule has 2 aromatic rings. The number of ether oxygens (including phenoxy) is 3. The van der Waals surface area contributed by atoms with Crippen LogP contribution in [0, 0.1) is 6.92 Å². The van der Waals surface area contributed by atoms with Crippen molar-refractivity contribution in [3.8, 4) is 11.5 Å². The quantitative estimate of drug-likeness (QED) is 0.573. The van der Waals surface area contributed by atoms with Crippen molar-refractivity contribution >= 4 is 11.6 Å². The summed E-state index contributed by atoms with van der Waals surface area (Å²) in [5, 5.41) is 4.04. The molecule has 0 atom stereocenters. The van der Waals surface area contributed by atoms with Crippen LogP contribution in [0.25, 0.3) is 0 Å². The first-order chi connectivity index (χ1) is 12.6. The third kappa shape index (κ3) is 6.52. The molecule has 142 valence electrons. The lowest BCUT2D eigenvalue weighted by Gasteiger charge is -2.14. The monoisotopic (exact) mass is 377 g/mol. The summed E-state index contributed by atoms with van der Waals surface area (Å²) < 4.78 is 16.7. The standard InChI is InChI=1S/C21H28ClNO3/c1-4-25-11-5-10-23-14-18-12-20(24-3)21(13-19(18)22)26-15-17-8-6-16(2)7-9-17/h6-9,12-13,23H,4-5,10-11,14-15H2,1-3H3. The Kier molecular flexibility index (Phi) is 8.75. The predicted molar refractivity (Wildman–Crippen MR) is 106 cm³/mol. The van der Waals surface area contributed by atoms with Gasteiger partial charge in [-0.2, -0.15) is 0 Å². The van der Waals surface area contributed by atoms with Crippen LogP contribution in [0.3, 0.4) is 0 Å². The topological polar surface area (TPSA) is 39.7 Å². The van der Waals surface area contributed by atoms with E-state index in [2.05, 4.69) is 36.5 Å². The van der Waals surface area contributed by atoms with Crippen LogP contribution in [0.5, 0.6) is 11.5 Å². The molecule has 0 saturated carbocycles. The molecule has 2 rings (SSSR count). The van der Waals surface area contributed by atoms with Crippen molar-refractivity contribution in [2.24, 2.45) is 0 Å². The van der Waals surface area contributed by atoms with E-state index in [1.165, 1.54) is 5.56 Å². The average Bonchev–Trinajstić information content (AvgIpc) is 2.65. The number of nitrogens with one attached hydrogen (secondary N) is 1. The van der Waals surface area contributed by atoms with Gasteiger partial charge in [-0.25, -0.2) is 0 Å². The molecule has 1 N–H and O–H groups in total. The minimum absolute atomic E-state index is 0.474. The van der Waals surface area contributed by atoms with Gasteiger partial charge in [0.2, 0.25) is 0 Å². The van der Waals surface area contributed by atoms with E-state index in [4.69, 9.17) is 25.8 Å². The minimum Gasteiger partial charge on any atom is -0.493 e. The number of benzene rings is 2. The van der Waals surface area contributed by atoms with Gasteiger partial charge in [-0.3, -0.25) is 0 Å². The normalized spacial score (nSPS) is 10.8. The molecule has 26 heavy (non-hydrogen) atoms. The highest BCUT2D eigenvalue weighted by Crippen LogP contribution is 2.34. The highest BCUT2D eigenvalue weighted by Gasteiger charge is 2.11. The number of halogens is 1. The summed E-state index contributed by atoms with van der Waals surface area (Å²) in [4.78, 5) is 0. The van der Waals surface area contributed by atoms with Crippen LogP contribution >= 0.6 is 11.6 Å². The lowest BCUT2D eigenvalue weighted by atomic mass is 10.1. The summed E-state index contributed by atoms with van der Waals surface area (Å²) in [5.74, 6) is 1.34. The molecule has 5 heteroatoms. The summed E-state index contributed by atoms with van der Waals surface area (Å²) >= 11 is 6.42. The molecule has 0 fully saturated rings. The van der Waals surface area contributed by atoms with Crippen LogP contribution in [0.1, 0.15) is 30.0 Å². The van der Waals surface area contributed by atoms with Crippen molar-refractivity contribution in [1.82, 2.24) is 5.32 Å². The van der Waals surface area contributed by atoms with Gasteiger partial charge in [0, 0.05) is 30.8 Å². The molecule has 4 nitrogen and oxygen atoms in total. The molecule has 0 amide bonds. The third-order valence-corrected chi connectivity index (χ3v) is 4.36.